The van der Waals surface area contributed by atoms with Crippen molar-refractivity contribution in [3.63, 3.8) is 0 Å². The van der Waals surface area contributed by atoms with Crippen LogP contribution in [0.5, 0.6) is 5.88 Å². The summed E-state index contributed by atoms with van der Waals surface area (Å²) in [4.78, 5) is 10.4. The first-order valence-electron chi connectivity index (χ1n) is 4.62. The van der Waals surface area contributed by atoms with Crippen LogP contribution in [-0.4, -0.2) is 36.7 Å². The molecule has 1 aromatic heterocycles. The van der Waals surface area contributed by atoms with E-state index in [0.717, 1.165) is 18.9 Å². The number of hydrogen-bond donors (Lipinski definition) is 1. The molecule has 0 saturated carbocycles. The molecular weight excluding hydrogens is 180 g/mol. The lowest BCUT2D eigenvalue weighted by molar-refractivity contribution is 0.395. The van der Waals surface area contributed by atoms with E-state index in [0.29, 0.717) is 12.4 Å². The average molecular weight is 196 g/mol. The van der Waals surface area contributed by atoms with Gasteiger partial charge in [0.1, 0.15) is 0 Å². The Balaban J connectivity index is 2.80. The van der Waals surface area contributed by atoms with Gasteiger partial charge >= 0.3 is 0 Å². The first-order chi connectivity index (χ1) is 6.81. The molecular formula is C9H16N4O. The van der Waals surface area contributed by atoms with Crippen LogP contribution in [0.2, 0.25) is 0 Å². The van der Waals surface area contributed by atoms with Gasteiger partial charge in [0.25, 0.3) is 0 Å². The number of nitrogens with two attached hydrogens (primary N) is 1. The Morgan fingerprint density at radius 3 is 2.86 bits per heavy atom. The quantitative estimate of drug-likeness (QED) is 0.732. The van der Waals surface area contributed by atoms with Gasteiger partial charge in [0, 0.05) is 19.6 Å². The van der Waals surface area contributed by atoms with Crippen molar-refractivity contribution in [2.45, 2.75) is 6.92 Å². The minimum absolute atomic E-state index is 0.526. The van der Waals surface area contributed by atoms with Crippen molar-refractivity contribution >= 4 is 5.82 Å². The molecule has 1 aromatic rings. The smallest absolute Gasteiger partial charge is 0.233 e. The van der Waals surface area contributed by atoms with Crippen molar-refractivity contribution in [2.24, 2.45) is 5.73 Å². The van der Waals surface area contributed by atoms with Crippen LogP contribution in [0.3, 0.4) is 0 Å². The molecule has 0 radical (unpaired) electrons. The molecule has 0 spiro atoms. The second-order valence-electron chi connectivity index (χ2n) is 2.79. The predicted octanol–water partition coefficient (Wildman–Crippen LogP) is 0.270. The van der Waals surface area contributed by atoms with Gasteiger partial charge in [0.15, 0.2) is 5.82 Å². The number of likely N-dealkylation sites (N-methyl/N-ethyl adjacent to an activating group) is 1. The zero-order valence-electron chi connectivity index (χ0n) is 8.60. The van der Waals surface area contributed by atoms with Crippen LogP contribution in [0, 0.1) is 0 Å². The Hall–Kier alpha value is -1.36. The van der Waals surface area contributed by atoms with Gasteiger partial charge in [0.2, 0.25) is 5.88 Å². The molecule has 0 aliphatic heterocycles. The van der Waals surface area contributed by atoms with Gasteiger partial charge in [-0.1, -0.05) is 0 Å². The maximum Gasteiger partial charge on any atom is 0.233 e. The van der Waals surface area contributed by atoms with Crippen LogP contribution >= 0.6 is 0 Å². The van der Waals surface area contributed by atoms with Crippen molar-refractivity contribution in [1.82, 2.24) is 9.97 Å². The van der Waals surface area contributed by atoms with Crippen molar-refractivity contribution in [3.8, 4) is 5.88 Å². The summed E-state index contributed by atoms with van der Waals surface area (Å²) < 4.78 is 5.00. The molecule has 5 nitrogen and oxygen atoms in total. The molecule has 2 N–H and O–H groups in total. The first kappa shape index (κ1) is 10.7. The molecule has 14 heavy (non-hydrogen) atoms. The van der Waals surface area contributed by atoms with E-state index in [1.54, 1.807) is 19.5 Å². The Bertz CT molecular complexity index is 279. The largest absolute Gasteiger partial charge is 0.480 e. The van der Waals surface area contributed by atoms with E-state index >= 15 is 0 Å². The molecule has 0 aromatic carbocycles. The standard InChI is InChI=1S/C9H16N4O/c1-3-13(5-4-10)8-6-11-7-9(12-8)14-2/h6-7H,3-5,10H2,1-2H3. The molecule has 0 bridgehead atoms. The third kappa shape index (κ3) is 2.56. The van der Waals surface area contributed by atoms with Crippen LogP contribution < -0.4 is 15.4 Å². The fourth-order valence-electron chi connectivity index (χ4n) is 1.18. The van der Waals surface area contributed by atoms with Gasteiger partial charge in [-0.05, 0) is 6.92 Å². The molecule has 78 valence electrons. The maximum atomic E-state index is 5.49. The minimum Gasteiger partial charge on any atom is -0.480 e. The molecule has 0 aliphatic carbocycles. The lowest BCUT2D eigenvalue weighted by Crippen LogP contribution is -2.29. The van der Waals surface area contributed by atoms with Crippen molar-refractivity contribution in [1.29, 1.82) is 0 Å². The highest BCUT2D eigenvalue weighted by molar-refractivity contribution is 5.37. The maximum absolute atomic E-state index is 5.49. The highest BCUT2D eigenvalue weighted by atomic mass is 16.5. The van der Waals surface area contributed by atoms with Gasteiger partial charge in [0.05, 0.1) is 19.5 Å². The Morgan fingerprint density at radius 2 is 2.29 bits per heavy atom. The van der Waals surface area contributed by atoms with Gasteiger partial charge in [-0.15, -0.1) is 0 Å². The number of methoxy groups -OCH3 is 1. The molecule has 0 fully saturated rings. The molecule has 0 saturated heterocycles. The summed E-state index contributed by atoms with van der Waals surface area (Å²) in [6.07, 6.45) is 3.29. The normalized spacial score (nSPS) is 9.93. The summed E-state index contributed by atoms with van der Waals surface area (Å²) in [5.74, 6) is 1.33. The molecule has 1 rings (SSSR count). The summed E-state index contributed by atoms with van der Waals surface area (Å²) in [7, 11) is 1.58. The second-order valence-corrected chi connectivity index (χ2v) is 2.79. The number of aromatic nitrogens is 2. The molecule has 0 amide bonds. The van der Waals surface area contributed by atoms with Gasteiger partial charge in [-0.25, -0.2) is 0 Å². The molecule has 5 heteroatoms. The summed E-state index contributed by atoms with van der Waals surface area (Å²) in [5.41, 5.74) is 5.49. The van der Waals surface area contributed by atoms with Crippen LogP contribution in [-0.2, 0) is 0 Å². The third-order valence-electron chi connectivity index (χ3n) is 1.91. The van der Waals surface area contributed by atoms with E-state index in [1.807, 2.05) is 0 Å². The van der Waals surface area contributed by atoms with Gasteiger partial charge in [-0.3, -0.25) is 4.98 Å². The van der Waals surface area contributed by atoms with Crippen molar-refractivity contribution in [3.05, 3.63) is 12.4 Å². The SMILES string of the molecule is CCN(CCN)c1cncc(OC)n1. The molecule has 0 aliphatic rings. The zero-order chi connectivity index (χ0) is 10.4. The van der Waals surface area contributed by atoms with Crippen LogP contribution in [0.1, 0.15) is 6.92 Å². The van der Waals surface area contributed by atoms with Crippen LogP contribution in [0.15, 0.2) is 12.4 Å². The number of nitrogens with zero attached hydrogens (tertiary/aromatic N) is 3. The van der Waals surface area contributed by atoms with Gasteiger partial charge in [-0.2, -0.15) is 4.98 Å². The lowest BCUT2D eigenvalue weighted by atomic mass is 10.4. The zero-order valence-corrected chi connectivity index (χ0v) is 8.60. The summed E-state index contributed by atoms with van der Waals surface area (Å²) in [5, 5.41) is 0. The lowest BCUT2D eigenvalue weighted by Gasteiger charge is -2.20. The highest BCUT2D eigenvalue weighted by Crippen LogP contribution is 2.12. The average Bonchev–Trinajstić information content (AvgIpc) is 2.26. The summed E-state index contributed by atoms with van der Waals surface area (Å²) >= 11 is 0. The van der Waals surface area contributed by atoms with Gasteiger partial charge < -0.3 is 15.4 Å². The van der Waals surface area contributed by atoms with Crippen LogP contribution in [0.25, 0.3) is 0 Å². The second kappa shape index (κ2) is 5.39. The monoisotopic (exact) mass is 196 g/mol. The van der Waals surface area contributed by atoms with E-state index in [9.17, 15) is 0 Å². The van der Waals surface area contributed by atoms with E-state index < -0.39 is 0 Å². The topological polar surface area (TPSA) is 64.3 Å². The molecule has 1 heterocycles. The number of rotatable bonds is 5. The first-order valence-corrected chi connectivity index (χ1v) is 4.62. The minimum atomic E-state index is 0.526. The van der Waals surface area contributed by atoms with Crippen molar-refractivity contribution in [2.75, 3.05) is 31.6 Å². The fraction of sp³-hybridized carbons (Fsp3) is 0.556. The number of hydrogen-bond acceptors (Lipinski definition) is 5. The Morgan fingerprint density at radius 1 is 1.50 bits per heavy atom. The Kier molecular flexibility index (Phi) is 4.12. The predicted molar refractivity (Wildman–Crippen MR) is 55.5 cm³/mol. The van der Waals surface area contributed by atoms with Crippen LogP contribution in [0.4, 0.5) is 5.82 Å². The summed E-state index contributed by atoms with van der Waals surface area (Å²) in [6, 6.07) is 0. The fourth-order valence-corrected chi connectivity index (χ4v) is 1.18. The van der Waals surface area contributed by atoms with Crippen molar-refractivity contribution < 1.29 is 4.74 Å². The molecule has 0 atom stereocenters. The molecule has 0 unspecified atom stereocenters. The van der Waals surface area contributed by atoms with E-state index in [2.05, 4.69) is 21.8 Å². The Labute approximate surface area is 83.9 Å². The third-order valence-corrected chi connectivity index (χ3v) is 1.91. The van der Waals surface area contributed by atoms with E-state index in [4.69, 9.17) is 10.5 Å². The number of ether oxygens (including phenoxy) is 1. The summed E-state index contributed by atoms with van der Waals surface area (Å²) in [6.45, 7) is 4.29. The number of anilines is 1. The van der Waals surface area contributed by atoms with E-state index in [1.165, 1.54) is 0 Å². The highest BCUT2D eigenvalue weighted by Gasteiger charge is 2.05. The van der Waals surface area contributed by atoms with E-state index in [-0.39, 0.29) is 0 Å².